The second-order valence-electron chi connectivity index (χ2n) is 4.41. The predicted octanol–water partition coefficient (Wildman–Crippen LogP) is 1.51. The molecule has 5 heteroatoms. The quantitative estimate of drug-likeness (QED) is 0.486. The molecule has 1 rings (SSSR count). The third-order valence-electron chi connectivity index (χ3n) is 3.18. The smallest absolute Gasteiger partial charge is 0.314 e. The van der Waals surface area contributed by atoms with Crippen LogP contribution in [0.15, 0.2) is 12.2 Å². The van der Waals surface area contributed by atoms with Crippen LogP contribution in [0.25, 0.3) is 0 Å². The van der Waals surface area contributed by atoms with Gasteiger partial charge in [0.1, 0.15) is 0 Å². The van der Waals surface area contributed by atoms with Gasteiger partial charge in [-0.25, -0.2) is 4.79 Å². The summed E-state index contributed by atoms with van der Waals surface area (Å²) in [5.41, 5.74) is -0.722. The van der Waals surface area contributed by atoms with E-state index in [1.54, 1.807) is 0 Å². The standard InChI is InChI=1S/C12H20N2O3/c1-2-3-4-8-13-11(17)14-9-12(10(15)16)6-5-7-12/h2-3H,4-9H2,1H3,(H,15,16)(H2,13,14,17)/b3-2+. The normalized spacial score (nSPS) is 17.5. The number of allylic oxidation sites excluding steroid dienone is 1. The Morgan fingerprint density at radius 3 is 2.53 bits per heavy atom. The molecule has 96 valence electrons. The lowest BCUT2D eigenvalue weighted by atomic mass is 9.69. The van der Waals surface area contributed by atoms with Crippen LogP contribution in [0.4, 0.5) is 4.79 Å². The van der Waals surface area contributed by atoms with E-state index in [1.165, 1.54) is 0 Å². The Morgan fingerprint density at radius 2 is 2.06 bits per heavy atom. The first-order chi connectivity index (χ1) is 8.10. The minimum absolute atomic E-state index is 0.220. The number of hydrogen-bond acceptors (Lipinski definition) is 2. The summed E-state index contributed by atoms with van der Waals surface area (Å²) >= 11 is 0. The zero-order valence-corrected chi connectivity index (χ0v) is 10.2. The summed E-state index contributed by atoms with van der Waals surface area (Å²) in [7, 11) is 0. The average molecular weight is 240 g/mol. The molecule has 1 aliphatic rings. The molecule has 0 spiro atoms. The van der Waals surface area contributed by atoms with E-state index in [2.05, 4.69) is 10.6 Å². The molecule has 0 unspecified atom stereocenters. The highest BCUT2D eigenvalue weighted by Gasteiger charge is 2.44. The monoisotopic (exact) mass is 240 g/mol. The molecule has 1 aliphatic carbocycles. The molecule has 0 aliphatic heterocycles. The molecule has 0 radical (unpaired) electrons. The average Bonchev–Trinajstić information content (AvgIpc) is 2.22. The fourth-order valence-electron chi connectivity index (χ4n) is 1.82. The highest BCUT2D eigenvalue weighted by molar-refractivity contribution is 5.78. The summed E-state index contributed by atoms with van der Waals surface area (Å²) in [5, 5.41) is 14.4. The summed E-state index contributed by atoms with van der Waals surface area (Å²) in [6.07, 6.45) is 6.91. The third kappa shape index (κ3) is 3.76. The number of carbonyl (C=O) groups excluding carboxylic acids is 1. The van der Waals surface area contributed by atoms with Crippen LogP contribution >= 0.6 is 0 Å². The van der Waals surface area contributed by atoms with Gasteiger partial charge in [-0.15, -0.1) is 0 Å². The van der Waals surface area contributed by atoms with Crippen molar-refractivity contribution in [3.63, 3.8) is 0 Å². The molecule has 3 N–H and O–H groups in total. The molecule has 0 aromatic rings. The van der Waals surface area contributed by atoms with Crippen LogP contribution in [0.2, 0.25) is 0 Å². The molecule has 0 heterocycles. The Hall–Kier alpha value is -1.52. The van der Waals surface area contributed by atoms with E-state index in [0.717, 1.165) is 12.8 Å². The Labute approximate surface area is 101 Å². The lowest BCUT2D eigenvalue weighted by Crippen LogP contribution is -2.49. The van der Waals surface area contributed by atoms with Crippen molar-refractivity contribution >= 4 is 12.0 Å². The van der Waals surface area contributed by atoms with Crippen molar-refractivity contribution < 1.29 is 14.7 Å². The number of aliphatic carboxylic acids is 1. The highest BCUT2D eigenvalue weighted by atomic mass is 16.4. The number of urea groups is 1. The van der Waals surface area contributed by atoms with Gasteiger partial charge in [0, 0.05) is 13.1 Å². The molecule has 0 aromatic heterocycles. The van der Waals surface area contributed by atoms with E-state index in [-0.39, 0.29) is 12.6 Å². The molecular weight excluding hydrogens is 220 g/mol. The minimum Gasteiger partial charge on any atom is -0.481 e. The summed E-state index contributed by atoms with van der Waals surface area (Å²) in [4.78, 5) is 22.4. The van der Waals surface area contributed by atoms with Crippen LogP contribution in [0.5, 0.6) is 0 Å². The maximum atomic E-state index is 11.4. The van der Waals surface area contributed by atoms with Gasteiger partial charge in [-0.05, 0) is 26.2 Å². The van der Waals surface area contributed by atoms with Gasteiger partial charge >= 0.3 is 12.0 Å². The van der Waals surface area contributed by atoms with Gasteiger partial charge in [0.15, 0.2) is 0 Å². The molecule has 5 nitrogen and oxygen atoms in total. The first kappa shape index (κ1) is 13.5. The van der Waals surface area contributed by atoms with Crippen LogP contribution in [0.1, 0.15) is 32.6 Å². The highest BCUT2D eigenvalue weighted by Crippen LogP contribution is 2.40. The lowest BCUT2D eigenvalue weighted by molar-refractivity contribution is -0.153. The zero-order chi connectivity index (χ0) is 12.7. The molecule has 0 atom stereocenters. The molecule has 1 saturated carbocycles. The number of nitrogens with one attached hydrogen (secondary N) is 2. The molecule has 1 fully saturated rings. The first-order valence-corrected chi connectivity index (χ1v) is 5.97. The maximum Gasteiger partial charge on any atom is 0.314 e. The van der Waals surface area contributed by atoms with Crippen molar-refractivity contribution in [1.29, 1.82) is 0 Å². The SMILES string of the molecule is C/C=C/CCNC(=O)NCC1(C(=O)O)CCC1. The van der Waals surface area contributed by atoms with Crippen LogP contribution in [-0.2, 0) is 4.79 Å². The van der Waals surface area contributed by atoms with E-state index >= 15 is 0 Å². The third-order valence-corrected chi connectivity index (χ3v) is 3.18. The molecular formula is C12H20N2O3. The zero-order valence-electron chi connectivity index (χ0n) is 10.2. The molecule has 2 amide bonds. The molecule has 17 heavy (non-hydrogen) atoms. The van der Waals surface area contributed by atoms with Crippen molar-refractivity contribution in [2.24, 2.45) is 5.41 Å². The summed E-state index contributed by atoms with van der Waals surface area (Å²) in [6, 6.07) is -0.290. The number of carbonyl (C=O) groups is 2. The summed E-state index contributed by atoms with van der Waals surface area (Å²) in [6.45, 7) is 2.71. The van der Waals surface area contributed by atoms with Crippen LogP contribution in [0.3, 0.4) is 0 Å². The van der Waals surface area contributed by atoms with E-state index in [0.29, 0.717) is 19.4 Å². The Morgan fingerprint density at radius 1 is 1.35 bits per heavy atom. The van der Waals surface area contributed by atoms with Crippen LogP contribution < -0.4 is 10.6 Å². The van der Waals surface area contributed by atoms with Gasteiger partial charge in [0.05, 0.1) is 5.41 Å². The second kappa shape index (κ2) is 6.27. The Kier molecular flexibility index (Phi) is 5.00. The number of amides is 2. The van der Waals surface area contributed by atoms with Crippen molar-refractivity contribution in [1.82, 2.24) is 10.6 Å². The van der Waals surface area contributed by atoms with E-state index in [9.17, 15) is 9.59 Å². The first-order valence-electron chi connectivity index (χ1n) is 5.97. The summed E-state index contributed by atoms with van der Waals surface area (Å²) < 4.78 is 0. The Balaban J connectivity index is 2.21. The van der Waals surface area contributed by atoms with Crippen molar-refractivity contribution in [2.75, 3.05) is 13.1 Å². The van der Waals surface area contributed by atoms with E-state index in [1.807, 2.05) is 19.1 Å². The van der Waals surface area contributed by atoms with Gasteiger partial charge in [-0.1, -0.05) is 18.6 Å². The summed E-state index contributed by atoms with van der Waals surface area (Å²) in [5.74, 6) is -0.807. The molecule has 0 saturated heterocycles. The van der Waals surface area contributed by atoms with Gasteiger partial charge in [-0.3, -0.25) is 4.79 Å². The lowest BCUT2D eigenvalue weighted by Gasteiger charge is -2.37. The topological polar surface area (TPSA) is 78.4 Å². The second-order valence-corrected chi connectivity index (χ2v) is 4.41. The van der Waals surface area contributed by atoms with Crippen LogP contribution in [0, 0.1) is 5.41 Å². The molecule has 0 aromatic carbocycles. The van der Waals surface area contributed by atoms with E-state index in [4.69, 9.17) is 5.11 Å². The minimum atomic E-state index is -0.807. The number of carboxylic acids is 1. The van der Waals surface area contributed by atoms with Gasteiger partial charge < -0.3 is 15.7 Å². The van der Waals surface area contributed by atoms with Crippen LogP contribution in [-0.4, -0.2) is 30.2 Å². The van der Waals surface area contributed by atoms with Crippen molar-refractivity contribution in [2.45, 2.75) is 32.6 Å². The largest absolute Gasteiger partial charge is 0.481 e. The Bertz CT molecular complexity index is 309. The van der Waals surface area contributed by atoms with Crippen molar-refractivity contribution in [3.05, 3.63) is 12.2 Å². The fraction of sp³-hybridized carbons (Fsp3) is 0.667. The van der Waals surface area contributed by atoms with E-state index < -0.39 is 11.4 Å². The number of hydrogen-bond donors (Lipinski definition) is 3. The molecule has 0 bridgehead atoms. The predicted molar refractivity (Wildman–Crippen MR) is 64.8 cm³/mol. The van der Waals surface area contributed by atoms with Gasteiger partial charge in [-0.2, -0.15) is 0 Å². The maximum absolute atomic E-state index is 11.4. The fourth-order valence-corrected chi connectivity index (χ4v) is 1.82. The van der Waals surface area contributed by atoms with Crippen molar-refractivity contribution in [3.8, 4) is 0 Å². The van der Waals surface area contributed by atoms with Gasteiger partial charge in [0.2, 0.25) is 0 Å². The van der Waals surface area contributed by atoms with Gasteiger partial charge in [0.25, 0.3) is 0 Å². The number of rotatable bonds is 6. The number of carboxylic acid groups (broad SMARTS) is 1.